The Kier molecular flexibility index (Phi) is 6.40. The van der Waals surface area contributed by atoms with Crippen molar-refractivity contribution in [1.29, 1.82) is 5.26 Å². The quantitative estimate of drug-likeness (QED) is 0.765. The number of thioether (sulfide) groups is 1. The third-order valence-corrected chi connectivity index (χ3v) is 5.63. The molecule has 3 rings (SSSR count). The number of nitrogens with one attached hydrogen (secondary N) is 2. The van der Waals surface area contributed by atoms with Gasteiger partial charge in [-0.2, -0.15) is 5.26 Å². The van der Waals surface area contributed by atoms with Crippen LogP contribution in [0.3, 0.4) is 0 Å². The summed E-state index contributed by atoms with van der Waals surface area (Å²) in [7, 11) is 0. The van der Waals surface area contributed by atoms with Crippen molar-refractivity contribution in [3.8, 4) is 6.07 Å². The predicted octanol–water partition coefficient (Wildman–Crippen LogP) is 4.36. The molecule has 5 nitrogen and oxygen atoms in total. The molecule has 2 N–H and O–H groups in total. The van der Waals surface area contributed by atoms with Crippen LogP contribution in [0.4, 0.5) is 5.69 Å². The smallest absolute Gasteiger partial charge is 0.234 e. The maximum absolute atomic E-state index is 12.4. The zero-order chi connectivity index (χ0) is 20.1. The Morgan fingerprint density at radius 1 is 1.32 bits per heavy atom. The summed E-state index contributed by atoms with van der Waals surface area (Å²) >= 11 is 7.13. The second-order valence-electron chi connectivity index (χ2n) is 6.37. The van der Waals surface area contributed by atoms with Crippen LogP contribution in [0.2, 0.25) is 5.02 Å². The minimum Gasteiger partial charge on any atom is -0.325 e. The van der Waals surface area contributed by atoms with Gasteiger partial charge in [0.05, 0.1) is 22.4 Å². The number of halogens is 1. The third-order valence-electron chi connectivity index (χ3n) is 4.38. The SMILES string of the molecule is Cc1ccc(Cl)cc1NC(=O)CSC1=C(C#N)[C@H](c2ccccc2)CC(=O)N1. The van der Waals surface area contributed by atoms with E-state index in [2.05, 4.69) is 16.7 Å². The van der Waals surface area contributed by atoms with E-state index in [4.69, 9.17) is 11.6 Å². The topological polar surface area (TPSA) is 82.0 Å². The van der Waals surface area contributed by atoms with Crippen LogP contribution >= 0.6 is 23.4 Å². The van der Waals surface area contributed by atoms with Crippen molar-refractivity contribution >= 4 is 40.9 Å². The van der Waals surface area contributed by atoms with Crippen molar-refractivity contribution in [2.24, 2.45) is 0 Å². The lowest BCUT2D eigenvalue weighted by Gasteiger charge is -2.25. The van der Waals surface area contributed by atoms with E-state index in [0.717, 1.165) is 22.9 Å². The first-order chi connectivity index (χ1) is 13.5. The molecule has 0 unspecified atom stereocenters. The lowest BCUT2D eigenvalue weighted by Crippen LogP contribution is -2.31. The van der Waals surface area contributed by atoms with Crippen molar-refractivity contribution in [2.75, 3.05) is 11.1 Å². The monoisotopic (exact) mass is 411 g/mol. The molecule has 0 bridgehead atoms. The molecule has 28 heavy (non-hydrogen) atoms. The number of rotatable bonds is 5. The van der Waals surface area contributed by atoms with E-state index in [0.29, 0.717) is 21.3 Å². The molecule has 0 aliphatic carbocycles. The molecule has 1 aliphatic rings. The summed E-state index contributed by atoms with van der Waals surface area (Å²) in [5.41, 5.74) is 2.92. The fraction of sp³-hybridized carbons (Fsp3) is 0.190. The molecule has 0 saturated heterocycles. The molecule has 0 fully saturated rings. The summed E-state index contributed by atoms with van der Waals surface area (Å²) in [5, 5.41) is 16.2. The number of nitriles is 1. The summed E-state index contributed by atoms with van der Waals surface area (Å²) in [6, 6.07) is 16.9. The van der Waals surface area contributed by atoms with Gasteiger partial charge in [-0.25, -0.2) is 0 Å². The molecule has 1 aliphatic heterocycles. The van der Waals surface area contributed by atoms with Crippen molar-refractivity contribution in [3.05, 3.63) is 75.3 Å². The van der Waals surface area contributed by atoms with Gasteiger partial charge in [-0.1, -0.05) is 59.8 Å². The molecule has 2 amide bonds. The van der Waals surface area contributed by atoms with Crippen LogP contribution in [0.5, 0.6) is 0 Å². The number of hydrogen-bond acceptors (Lipinski definition) is 4. The number of aryl methyl sites for hydroxylation is 1. The van der Waals surface area contributed by atoms with Crippen LogP contribution in [-0.4, -0.2) is 17.6 Å². The average Bonchev–Trinajstić information content (AvgIpc) is 2.69. The fourth-order valence-corrected chi connectivity index (χ4v) is 4.01. The number of carbonyl (C=O) groups excluding carboxylic acids is 2. The molecule has 7 heteroatoms. The Bertz CT molecular complexity index is 983. The summed E-state index contributed by atoms with van der Waals surface area (Å²) in [4.78, 5) is 24.5. The highest BCUT2D eigenvalue weighted by molar-refractivity contribution is 8.03. The second-order valence-corrected chi connectivity index (χ2v) is 7.79. The molecule has 0 saturated carbocycles. The van der Waals surface area contributed by atoms with E-state index in [1.165, 1.54) is 0 Å². The van der Waals surface area contributed by atoms with Crippen molar-refractivity contribution in [3.63, 3.8) is 0 Å². The van der Waals surface area contributed by atoms with E-state index in [1.807, 2.05) is 43.3 Å². The van der Waals surface area contributed by atoms with Crippen LogP contribution in [0, 0.1) is 18.3 Å². The predicted molar refractivity (Wildman–Crippen MR) is 112 cm³/mol. The van der Waals surface area contributed by atoms with Gasteiger partial charge in [-0.15, -0.1) is 0 Å². The highest BCUT2D eigenvalue weighted by Gasteiger charge is 2.29. The Labute approximate surface area is 172 Å². The van der Waals surface area contributed by atoms with E-state index < -0.39 is 0 Å². The Hall–Kier alpha value is -2.75. The second kappa shape index (κ2) is 8.96. The van der Waals surface area contributed by atoms with Gasteiger partial charge in [0, 0.05) is 23.0 Å². The molecule has 1 atom stereocenters. The molecule has 142 valence electrons. The first kappa shape index (κ1) is 20.0. The number of nitrogens with zero attached hydrogens (tertiary/aromatic N) is 1. The minimum absolute atomic E-state index is 0.0637. The van der Waals surface area contributed by atoms with Gasteiger partial charge in [0.2, 0.25) is 11.8 Å². The molecule has 0 spiro atoms. The molecule has 2 aromatic carbocycles. The van der Waals surface area contributed by atoms with Crippen LogP contribution in [0.15, 0.2) is 59.1 Å². The molecule has 0 aromatic heterocycles. The lowest BCUT2D eigenvalue weighted by molar-refractivity contribution is -0.121. The van der Waals surface area contributed by atoms with E-state index >= 15 is 0 Å². The average molecular weight is 412 g/mol. The zero-order valence-corrected chi connectivity index (χ0v) is 16.7. The van der Waals surface area contributed by atoms with Gasteiger partial charge in [-0.05, 0) is 30.2 Å². The highest BCUT2D eigenvalue weighted by Crippen LogP contribution is 2.35. The summed E-state index contributed by atoms with van der Waals surface area (Å²) in [6.07, 6.45) is 0.213. The molecule has 2 aromatic rings. The number of benzene rings is 2. The van der Waals surface area contributed by atoms with E-state index in [9.17, 15) is 14.9 Å². The van der Waals surface area contributed by atoms with Crippen LogP contribution in [-0.2, 0) is 9.59 Å². The van der Waals surface area contributed by atoms with Gasteiger partial charge < -0.3 is 10.6 Å². The lowest BCUT2D eigenvalue weighted by atomic mass is 9.87. The van der Waals surface area contributed by atoms with Gasteiger partial charge in [-0.3, -0.25) is 9.59 Å². The van der Waals surface area contributed by atoms with Gasteiger partial charge in [0.25, 0.3) is 0 Å². The first-order valence-corrected chi connectivity index (χ1v) is 10.0. The maximum atomic E-state index is 12.4. The molecule has 1 heterocycles. The Morgan fingerprint density at radius 2 is 2.07 bits per heavy atom. The molecular weight excluding hydrogens is 394 g/mol. The Balaban J connectivity index is 1.75. The molecule has 0 radical (unpaired) electrons. The van der Waals surface area contributed by atoms with Crippen LogP contribution in [0.25, 0.3) is 0 Å². The van der Waals surface area contributed by atoms with Crippen LogP contribution < -0.4 is 10.6 Å². The van der Waals surface area contributed by atoms with E-state index in [-0.39, 0.29) is 29.9 Å². The van der Waals surface area contributed by atoms with Gasteiger partial charge >= 0.3 is 0 Å². The van der Waals surface area contributed by atoms with Gasteiger partial charge in [0.15, 0.2) is 0 Å². The summed E-state index contributed by atoms with van der Waals surface area (Å²) < 4.78 is 0. The van der Waals surface area contributed by atoms with Crippen molar-refractivity contribution < 1.29 is 9.59 Å². The number of hydrogen-bond donors (Lipinski definition) is 2. The normalized spacial score (nSPS) is 16.3. The summed E-state index contributed by atoms with van der Waals surface area (Å²) in [5.74, 6) is -0.646. The van der Waals surface area contributed by atoms with Crippen molar-refractivity contribution in [1.82, 2.24) is 5.32 Å². The standard InChI is InChI=1S/C21H18ClN3O2S/c1-13-7-8-15(22)9-18(13)24-20(27)12-28-21-17(11-23)16(10-19(26)25-21)14-5-3-2-4-6-14/h2-9,16H,10,12H2,1H3,(H,24,27)(H,25,26)/t16-/m0/s1. The highest BCUT2D eigenvalue weighted by atomic mass is 35.5. The first-order valence-electron chi connectivity index (χ1n) is 8.66. The summed E-state index contributed by atoms with van der Waals surface area (Å²) in [6.45, 7) is 1.88. The number of allylic oxidation sites excluding steroid dienone is 1. The minimum atomic E-state index is -0.305. The fourth-order valence-electron chi connectivity index (χ4n) is 2.96. The largest absolute Gasteiger partial charge is 0.325 e. The third kappa shape index (κ3) is 4.75. The Morgan fingerprint density at radius 3 is 2.79 bits per heavy atom. The number of amides is 2. The number of anilines is 1. The molecular formula is C21H18ClN3O2S. The van der Waals surface area contributed by atoms with Crippen LogP contribution in [0.1, 0.15) is 23.5 Å². The van der Waals surface area contributed by atoms with Crippen molar-refractivity contribution in [2.45, 2.75) is 19.3 Å². The zero-order valence-electron chi connectivity index (χ0n) is 15.2. The van der Waals surface area contributed by atoms with Gasteiger partial charge in [0.1, 0.15) is 0 Å². The van der Waals surface area contributed by atoms with E-state index in [1.54, 1.807) is 12.1 Å². The maximum Gasteiger partial charge on any atom is 0.234 e. The number of carbonyl (C=O) groups is 2.